The average molecular weight is 374 g/mol. The van der Waals surface area contributed by atoms with Gasteiger partial charge in [0.15, 0.2) is 0 Å². The van der Waals surface area contributed by atoms with Crippen LogP contribution in [0.3, 0.4) is 0 Å². The van der Waals surface area contributed by atoms with Gasteiger partial charge in [0, 0.05) is 43.7 Å². The fourth-order valence-electron chi connectivity index (χ4n) is 4.45. The van der Waals surface area contributed by atoms with Crippen LogP contribution in [0, 0.1) is 6.92 Å². The number of hydrogen-bond acceptors (Lipinski definition) is 5. The molecule has 26 heavy (non-hydrogen) atoms. The van der Waals surface area contributed by atoms with E-state index in [0.717, 1.165) is 56.0 Å². The minimum Gasteiger partial charge on any atom is -0.337 e. The van der Waals surface area contributed by atoms with Gasteiger partial charge in [-0.1, -0.05) is 0 Å². The summed E-state index contributed by atoms with van der Waals surface area (Å²) in [7, 11) is 2.05. The molecule has 2 aliphatic heterocycles. The molecule has 2 aromatic rings. The highest BCUT2D eigenvalue weighted by molar-refractivity contribution is 7.09. The minimum absolute atomic E-state index is 0.0236. The van der Waals surface area contributed by atoms with E-state index in [1.54, 1.807) is 11.3 Å². The number of likely N-dealkylation sites (tertiary alicyclic amines) is 2. The van der Waals surface area contributed by atoms with Crippen LogP contribution in [0.25, 0.3) is 0 Å². The molecule has 6 nitrogen and oxygen atoms in total. The summed E-state index contributed by atoms with van der Waals surface area (Å²) < 4.78 is 2.09. The van der Waals surface area contributed by atoms with Crippen LogP contribution in [0.1, 0.15) is 48.5 Å². The highest BCUT2D eigenvalue weighted by Crippen LogP contribution is 2.40. The van der Waals surface area contributed by atoms with E-state index in [4.69, 9.17) is 0 Å². The molecule has 1 amide bonds. The highest BCUT2D eigenvalue weighted by atomic mass is 32.1. The van der Waals surface area contributed by atoms with Crippen LogP contribution >= 0.6 is 11.3 Å². The van der Waals surface area contributed by atoms with Crippen molar-refractivity contribution in [1.29, 1.82) is 0 Å². The van der Waals surface area contributed by atoms with Crippen molar-refractivity contribution < 1.29 is 4.79 Å². The number of thiazole rings is 1. The fraction of sp³-hybridized carbons (Fsp3) is 0.632. The van der Waals surface area contributed by atoms with Gasteiger partial charge >= 0.3 is 0 Å². The molecular formula is C19H27N5OS. The fourth-order valence-corrected chi connectivity index (χ4v) is 5.06. The summed E-state index contributed by atoms with van der Waals surface area (Å²) in [5.74, 6) is 0.302. The number of aryl methyl sites for hydroxylation is 2. The van der Waals surface area contributed by atoms with Crippen LogP contribution in [0.4, 0.5) is 0 Å². The number of carbonyl (C=O) groups excluding carboxylic acids is 1. The standard InChI is InChI=1S/C19H27N5OS/c1-15-21-16(13-26-15)11-24-18(25)4-6-19(24)5-3-8-23(9-7-19)12-17-10-20-14-22(17)2/h10,13-14H,3-9,11-12H2,1-2H3/t19-/m0/s1. The number of hydrogen-bond donors (Lipinski definition) is 0. The quantitative estimate of drug-likeness (QED) is 0.827. The van der Waals surface area contributed by atoms with Gasteiger partial charge in [-0.25, -0.2) is 9.97 Å². The normalized spacial score (nSPS) is 24.5. The van der Waals surface area contributed by atoms with Crippen molar-refractivity contribution in [2.45, 2.75) is 57.7 Å². The van der Waals surface area contributed by atoms with Crippen molar-refractivity contribution in [2.24, 2.45) is 7.05 Å². The minimum atomic E-state index is 0.0236. The second-order valence-corrected chi connectivity index (χ2v) is 8.75. The lowest BCUT2D eigenvalue weighted by Gasteiger charge is -2.38. The van der Waals surface area contributed by atoms with Crippen molar-refractivity contribution in [1.82, 2.24) is 24.3 Å². The predicted molar refractivity (Wildman–Crippen MR) is 102 cm³/mol. The maximum atomic E-state index is 12.6. The Hall–Kier alpha value is -1.73. The second-order valence-electron chi connectivity index (χ2n) is 7.69. The molecule has 2 aromatic heterocycles. The third-order valence-corrected chi connectivity index (χ3v) is 6.80. The summed E-state index contributed by atoms with van der Waals surface area (Å²) in [6, 6.07) is 0. The smallest absolute Gasteiger partial charge is 0.223 e. The Bertz CT molecular complexity index is 784. The van der Waals surface area contributed by atoms with E-state index >= 15 is 0 Å². The Kier molecular flexibility index (Phi) is 4.84. The van der Waals surface area contributed by atoms with Gasteiger partial charge in [0.1, 0.15) is 0 Å². The topological polar surface area (TPSA) is 54.3 Å². The zero-order valence-electron chi connectivity index (χ0n) is 15.6. The van der Waals surface area contributed by atoms with Gasteiger partial charge in [0.25, 0.3) is 0 Å². The summed E-state index contributed by atoms with van der Waals surface area (Å²) in [6.45, 7) is 5.75. The summed E-state index contributed by atoms with van der Waals surface area (Å²) >= 11 is 1.67. The number of rotatable bonds is 4. The van der Waals surface area contributed by atoms with Crippen molar-refractivity contribution in [3.63, 3.8) is 0 Å². The third kappa shape index (κ3) is 3.42. The lowest BCUT2D eigenvalue weighted by atomic mass is 9.87. The van der Waals surface area contributed by atoms with Gasteiger partial charge in [-0.2, -0.15) is 0 Å². The maximum absolute atomic E-state index is 12.6. The van der Waals surface area contributed by atoms with Crippen LogP contribution < -0.4 is 0 Å². The molecule has 1 atom stereocenters. The van der Waals surface area contributed by atoms with Crippen LogP contribution in [0.2, 0.25) is 0 Å². The van der Waals surface area contributed by atoms with Crippen molar-refractivity contribution >= 4 is 17.2 Å². The summed E-state index contributed by atoms with van der Waals surface area (Å²) in [5, 5.41) is 3.17. The first-order valence-corrected chi connectivity index (χ1v) is 10.3. The monoisotopic (exact) mass is 373 g/mol. The highest BCUT2D eigenvalue weighted by Gasteiger charge is 2.45. The van der Waals surface area contributed by atoms with E-state index in [9.17, 15) is 4.79 Å². The second kappa shape index (κ2) is 7.12. The molecule has 2 fully saturated rings. The van der Waals surface area contributed by atoms with E-state index in [-0.39, 0.29) is 5.54 Å². The van der Waals surface area contributed by atoms with Crippen LogP contribution in [-0.2, 0) is 24.9 Å². The first-order chi connectivity index (χ1) is 12.6. The third-order valence-electron chi connectivity index (χ3n) is 5.98. The van der Waals surface area contributed by atoms with Crippen LogP contribution in [0.5, 0.6) is 0 Å². The predicted octanol–water partition coefficient (Wildman–Crippen LogP) is 2.73. The van der Waals surface area contributed by atoms with Crippen molar-refractivity contribution in [3.8, 4) is 0 Å². The van der Waals surface area contributed by atoms with E-state index < -0.39 is 0 Å². The first-order valence-electron chi connectivity index (χ1n) is 9.45. The Labute approximate surface area is 158 Å². The molecule has 0 N–H and O–H groups in total. The van der Waals surface area contributed by atoms with Crippen molar-refractivity contribution in [2.75, 3.05) is 13.1 Å². The van der Waals surface area contributed by atoms with Gasteiger partial charge in [0.05, 0.1) is 29.3 Å². The summed E-state index contributed by atoms with van der Waals surface area (Å²) in [4.78, 5) is 26.1. The molecule has 0 saturated carbocycles. The Morgan fingerprint density at radius 2 is 2.12 bits per heavy atom. The molecule has 4 rings (SSSR count). The van der Waals surface area contributed by atoms with Gasteiger partial charge in [0.2, 0.25) is 5.91 Å². The first kappa shape index (κ1) is 17.7. The SMILES string of the molecule is Cc1nc(CN2C(=O)CC[C@]23CCCN(Cc2cncn2C)CC3)cs1. The molecule has 1 spiro atoms. The zero-order chi connectivity index (χ0) is 18.1. The van der Waals surface area contributed by atoms with Gasteiger partial charge in [-0.3, -0.25) is 9.69 Å². The molecule has 0 bridgehead atoms. The number of amides is 1. The van der Waals surface area contributed by atoms with E-state index in [1.807, 2.05) is 19.4 Å². The summed E-state index contributed by atoms with van der Waals surface area (Å²) in [5.41, 5.74) is 2.31. The molecule has 0 radical (unpaired) electrons. The van der Waals surface area contributed by atoms with Crippen LogP contribution in [0.15, 0.2) is 17.9 Å². The lowest BCUT2D eigenvalue weighted by molar-refractivity contribution is -0.132. The Balaban J connectivity index is 1.46. The van der Waals surface area contributed by atoms with Gasteiger partial charge in [-0.05, 0) is 39.2 Å². The zero-order valence-corrected chi connectivity index (χ0v) is 16.5. The number of aromatic nitrogens is 3. The molecule has 7 heteroatoms. The molecular weight excluding hydrogens is 346 g/mol. The molecule has 2 saturated heterocycles. The largest absolute Gasteiger partial charge is 0.337 e. The molecule has 0 aromatic carbocycles. The number of nitrogens with zero attached hydrogens (tertiary/aromatic N) is 5. The molecule has 0 aliphatic carbocycles. The molecule has 140 valence electrons. The Morgan fingerprint density at radius 1 is 1.23 bits per heavy atom. The number of imidazole rings is 1. The average Bonchev–Trinajstić information content (AvgIpc) is 3.24. The molecule has 0 unspecified atom stereocenters. The Morgan fingerprint density at radius 3 is 2.85 bits per heavy atom. The van der Waals surface area contributed by atoms with Gasteiger partial charge in [-0.15, -0.1) is 11.3 Å². The lowest BCUT2D eigenvalue weighted by Crippen LogP contribution is -2.46. The summed E-state index contributed by atoms with van der Waals surface area (Å²) in [6.07, 6.45) is 8.79. The molecule has 2 aliphatic rings. The van der Waals surface area contributed by atoms with Crippen molar-refractivity contribution in [3.05, 3.63) is 34.3 Å². The van der Waals surface area contributed by atoms with Gasteiger partial charge < -0.3 is 9.47 Å². The molecule has 4 heterocycles. The maximum Gasteiger partial charge on any atom is 0.223 e. The number of carbonyl (C=O) groups is 1. The van der Waals surface area contributed by atoms with E-state index in [0.29, 0.717) is 18.9 Å². The van der Waals surface area contributed by atoms with E-state index in [2.05, 4.69) is 36.8 Å². The van der Waals surface area contributed by atoms with Crippen LogP contribution in [-0.4, -0.2) is 48.9 Å². The van der Waals surface area contributed by atoms with E-state index in [1.165, 1.54) is 5.69 Å².